The summed E-state index contributed by atoms with van der Waals surface area (Å²) in [4.78, 5) is 130. The second kappa shape index (κ2) is 30.4. The van der Waals surface area contributed by atoms with Crippen LogP contribution in [0.5, 0.6) is 0 Å². The third-order valence-electron chi connectivity index (χ3n) is 10.1. The van der Waals surface area contributed by atoms with E-state index in [2.05, 4.69) is 10.6 Å². The van der Waals surface area contributed by atoms with E-state index in [0.717, 1.165) is 0 Å². The molecule has 0 saturated carbocycles. The normalized spacial score (nSPS) is 12.6. The highest BCUT2D eigenvalue weighted by Crippen LogP contribution is 2.31. The Bertz CT molecular complexity index is 1620. The van der Waals surface area contributed by atoms with Crippen molar-refractivity contribution in [3.8, 4) is 0 Å². The van der Waals surface area contributed by atoms with Gasteiger partial charge in [-0.2, -0.15) is 0 Å². The summed E-state index contributed by atoms with van der Waals surface area (Å²) in [7, 11) is 0. The van der Waals surface area contributed by atoms with Crippen LogP contribution in [-0.2, 0) is 85.8 Å². The molecule has 0 aliphatic rings. The highest BCUT2D eigenvalue weighted by molar-refractivity contribution is 5.91. The molecule has 0 atom stereocenters. The van der Waals surface area contributed by atoms with Gasteiger partial charge in [0, 0.05) is 62.4 Å². The van der Waals surface area contributed by atoms with E-state index < -0.39 is 111 Å². The number of hydrogen-bond acceptors (Lipinski definition) is 18. The first-order chi connectivity index (χ1) is 33.9. The minimum atomic E-state index is -1.25. The average molecular weight is 1070 g/mol. The Morgan fingerprint density at radius 3 is 0.640 bits per heavy atom. The third-order valence-corrected chi connectivity index (χ3v) is 10.1. The van der Waals surface area contributed by atoms with Crippen molar-refractivity contribution >= 4 is 59.6 Å². The minimum absolute atomic E-state index is 0.0172. The summed E-state index contributed by atoms with van der Waals surface area (Å²) in [6, 6.07) is 0. The van der Waals surface area contributed by atoms with Crippen molar-refractivity contribution in [2.45, 2.75) is 278 Å². The molecule has 20 heteroatoms. The van der Waals surface area contributed by atoms with E-state index in [0.29, 0.717) is 0 Å². The van der Waals surface area contributed by atoms with Gasteiger partial charge < -0.3 is 48.5 Å². The maximum atomic E-state index is 13.5. The van der Waals surface area contributed by atoms with Crippen molar-refractivity contribution in [3.05, 3.63) is 0 Å². The highest BCUT2D eigenvalue weighted by Gasteiger charge is 2.38. The molecule has 0 aliphatic heterocycles. The molecule has 0 saturated heterocycles. The smallest absolute Gasteiger partial charge is 0.317 e. The van der Waals surface area contributed by atoms with Crippen molar-refractivity contribution in [2.75, 3.05) is 13.2 Å². The molecule has 0 aromatic carbocycles. The maximum absolute atomic E-state index is 13.5. The van der Waals surface area contributed by atoms with Gasteiger partial charge in [0.15, 0.2) is 0 Å². The lowest BCUT2D eigenvalue weighted by molar-refractivity contribution is -0.158. The standard InChI is InChI=1S/C55H94N2O18/c1-48(2,3)70-40(60)23-29-54(30-24-41(61)71-49(4,5)6,31-25-42(62)72-50(7,8)9)56-38(58)21-19-35-68-46(66)37-47(67)69-36-20-22-39(59)57-55(32-26-43(63)73-51(10,11)12,33-27-44(64)74-52(13,14)15)34-28-45(65)75-53(16,17)18/h19-37H2,1-18H3,(H,56,58)(H,57,59). The number of hydrogen-bond donors (Lipinski definition) is 2. The Kier molecular flexibility index (Phi) is 28.3. The molecule has 0 aromatic heterocycles. The van der Waals surface area contributed by atoms with Gasteiger partial charge in [0.05, 0.1) is 13.2 Å². The number of esters is 8. The van der Waals surface area contributed by atoms with Crippen molar-refractivity contribution in [1.29, 1.82) is 0 Å². The van der Waals surface area contributed by atoms with Gasteiger partial charge in [0.1, 0.15) is 40.0 Å². The zero-order valence-electron chi connectivity index (χ0n) is 48.8. The first-order valence-corrected chi connectivity index (χ1v) is 26.1. The fourth-order valence-electron chi connectivity index (χ4n) is 7.30. The highest BCUT2D eigenvalue weighted by atomic mass is 16.6. The number of carbonyl (C=O) groups is 10. The fourth-order valence-corrected chi connectivity index (χ4v) is 7.30. The zero-order valence-corrected chi connectivity index (χ0v) is 48.8. The first kappa shape index (κ1) is 69.7. The fraction of sp³-hybridized carbons (Fsp3) is 0.818. The molecule has 75 heavy (non-hydrogen) atoms. The van der Waals surface area contributed by atoms with E-state index in [4.69, 9.17) is 37.9 Å². The summed E-state index contributed by atoms with van der Waals surface area (Å²) >= 11 is 0. The van der Waals surface area contributed by atoms with Crippen LogP contribution in [0.25, 0.3) is 0 Å². The molecule has 0 aliphatic carbocycles. The van der Waals surface area contributed by atoms with E-state index in [1.165, 1.54) is 0 Å². The van der Waals surface area contributed by atoms with Crippen LogP contribution in [0.1, 0.15) is 234 Å². The van der Waals surface area contributed by atoms with Gasteiger partial charge in [-0.1, -0.05) is 0 Å². The second-order valence-electron chi connectivity index (χ2n) is 25.0. The Morgan fingerprint density at radius 2 is 0.467 bits per heavy atom. The summed E-state index contributed by atoms with van der Waals surface area (Å²) in [5, 5.41) is 5.89. The predicted octanol–water partition coefficient (Wildman–Crippen LogP) is 8.46. The summed E-state index contributed by atoms with van der Waals surface area (Å²) in [6.07, 6.45) is -1.82. The number of carbonyl (C=O) groups excluding carboxylic acids is 10. The molecule has 0 bridgehead atoms. The van der Waals surface area contributed by atoms with Gasteiger partial charge in [-0.15, -0.1) is 0 Å². The lowest BCUT2D eigenvalue weighted by atomic mass is 9.83. The molecular formula is C55H94N2O18. The van der Waals surface area contributed by atoms with Crippen LogP contribution >= 0.6 is 0 Å². The molecular weight excluding hydrogens is 977 g/mol. The molecule has 2 amide bonds. The quantitative estimate of drug-likeness (QED) is 0.0295. The van der Waals surface area contributed by atoms with Crippen LogP contribution in [-0.4, -0.2) is 117 Å². The van der Waals surface area contributed by atoms with Crippen molar-refractivity contribution in [2.24, 2.45) is 0 Å². The number of nitrogens with one attached hydrogen (secondary N) is 2. The lowest BCUT2D eigenvalue weighted by Crippen LogP contribution is -2.50. The summed E-state index contributed by atoms with van der Waals surface area (Å²) in [6.45, 7) is 30.4. The van der Waals surface area contributed by atoms with Crippen molar-refractivity contribution in [1.82, 2.24) is 10.6 Å². The largest absolute Gasteiger partial charge is 0.465 e. The average Bonchev–Trinajstić information content (AvgIpc) is 3.18. The van der Waals surface area contributed by atoms with Gasteiger partial charge in [-0.3, -0.25) is 47.9 Å². The Hall–Kier alpha value is -5.30. The van der Waals surface area contributed by atoms with E-state index in [-0.39, 0.29) is 116 Å². The van der Waals surface area contributed by atoms with Gasteiger partial charge in [0.25, 0.3) is 0 Å². The summed E-state index contributed by atoms with van der Waals surface area (Å²) in [5.74, 6) is -6.14. The zero-order chi connectivity index (χ0) is 58.3. The van der Waals surface area contributed by atoms with Crippen LogP contribution in [0, 0.1) is 0 Å². The lowest BCUT2D eigenvalue weighted by Gasteiger charge is -2.36. The summed E-state index contributed by atoms with van der Waals surface area (Å²) in [5.41, 5.74) is -7.22. The van der Waals surface area contributed by atoms with Crippen LogP contribution in [0.4, 0.5) is 0 Å². The van der Waals surface area contributed by atoms with Crippen LogP contribution in [0.15, 0.2) is 0 Å². The second-order valence-corrected chi connectivity index (χ2v) is 25.0. The third kappa shape index (κ3) is 38.8. The van der Waals surface area contributed by atoms with Crippen LogP contribution in [0.3, 0.4) is 0 Å². The molecule has 0 heterocycles. The Labute approximate surface area is 446 Å². The van der Waals surface area contributed by atoms with Crippen LogP contribution < -0.4 is 10.6 Å². The van der Waals surface area contributed by atoms with Crippen LogP contribution in [0.2, 0.25) is 0 Å². The molecule has 0 rings (SSSR count). The molecule has 0 unspecified atom stereocenters. The SMILES string of the molecule is CC(C)(C)OC(=O)CCC(CCC(=O)OC(C)(C)C)(CCC(=O)OC(C)(C)C)NC(=O)CCCOC(=O)CC(=O)OCCCC(=O)NC(CCC(=O)OC(C)(C)C)(CCC(=O)OC(C)(C)C)CCC(=O)OC(C)(C)C. The van der Waals surface area contributed by atoms with E-state index in [9.17, 15) is 47.9 Å². The summed E-state index contributed by atoms with van der Waals surface area (Å²) < 4.78 is 43.4. The number of amides is 2. The number of ether oxygens (including phenoxy) is 8. The van der Waals surface area contributed by atoms with E-state index in [1.54, 1.807) is 125 Å². The molecule has 20 nitrogen and oxygen atoms in total. The van der Waals surface area contributed by atoms with Gasteiger partial charge in [-0.05, 0) is 176 Å². The van der Waals surface area contributed by atoms with Crippen molar-refractivity contribution < 1.29 is 85.8 Å². The molecule has 0 aromatic rings. The molecule has 432 valence electrons. The first-order valence-electron chi connectivity index (χ1n) is 26.1. The maximum Gasteiger partial charge on any atom is 0.317 e. The molecule has 0 spiro atoms. The van der Waals surface area contributed by atoms with Crippen molar-refractivity contribution in [3.63, 3.8) is 0 Å². The monoisotopic (exact) mass is 1070 g/mol. The molecule has 0 radical (unpaired) electrons. The van der Waals surface area contributed by atoms with E-state index >= 15 is 0 Å². The minimum Gasteiger partial charge on any atom is -0.465 e. The topological polar surface area (TPSA) is 269 Å². The predicted molar refractivity (Wildman–Crippen MR) is 277 cm³/mol. The molecule has 0 fully saturated rings. The van der Waals surface area contributed by atoms with Gasteiger partial charge in [0.2, 0.25) is 11.8 Å². The van der Waals surface area contributed by atoms with Gasteiger partial charge in [-0.25, -0.2) is 0 Å². The van der Waals surface area contributed by atoms with E-state index in [1.807, 2.05) is 0 Å². The van der Waals surface area contributed by atoms with Gasteiger partial charge >= 0.3 is 47.8 Å². The Balaban J connectivity index is 5.81. The number of rotatable bonds is 30. The Morgan fingerprint density at radius 1 is 0.280 bits per heavy atom. The molecule has 2 N–H and O–H groups in total.